The summed E-state index contributed by atoms with van der Waals surface area (Å²) in [5.41, 5.74) is 0. The van der Waals surface area contributed by atoms with Crippen LogP contribution in [-0.2, 0) is 6.54 Å². The third kappa shape index (κ3) is 1.98. The second-order valence-corrected chi connectivity index (χ2v) is 5.18. The molecule has 14 heavy (non-hydrogen) atoms. The summed E-state index contributed by atoms with van der Waals surface area (Å²) in [7, 11) is 1.92. The van der Waals surface area contributed by atoms with Crippen molar-refractivity contribution in [2.24, 2.45) is 0 Å². The number of hydrogen-bond acceptors (Lipinski definition) is 4. The predicted molar refractivity (Wildman–Crippen MR) is 63.2 cm³/mol. The van der Waals surface area contributed by atoms with Gasteiger partial charge in [0.1, 0.15) is 5.01 Å². The second kappa shape index (κ2) is 4.40. The van der Waals surface area contributed by atoms with E-state index in [0.29, 0.717) is 0 Å². The van der Waals surface area contributed by atoms with E-state index in [1.54, 1.807) is 22.7 Å². The van der Waals surface area contributed by atoms with Crippen molar-refractivity contribution in [1.29, 1.82) is 0 Å². The van der Waals surface area contributed by atoms with Crippen molar-refractivity contribution in [3.05, 3.63) is 27.7 Å². The zero-order valence-electron chi connectivity index (χ0n) is 7.58. The molecule has 2 nitrogen and oxygen atoms in total. The van der Waals surface area contributed by atoms with E-state index in [1.165, 1.54) is 0 Å². The van der Waals surface area contributed by atoms with Gasteiger partial charge in [-0.05, 0) is 18.5 Å². The SMILES string of the molecule is CNCc1ncc(-c2sccc2Cl)s1. The van der Waals surface area contributed by atoms with Crippen molar-refractivity contribution in [2.75, 3.05) is 7.05 Å². The number of thiazole rings is 1. The summed E-state index contributed by atoms with van der Waals surface area (Å²) >= 11 is 9.37. The molecular formula is C9H9ClN2S2. The van der Waals surface area contributed by atoms with Gasteiger partial charge in [0, 0.05) is 12.7 Å². The summed E-state index contributed by atoms with van der Waals surface area (Å²) in [4.78, 5) is 6.57. The number of aromatic nitrogens is 1. The van der Waals surface area contributed by atoms with Crippen molar-refractivity contribution in [2.45, 2.75) is 6.54 Å². The fourth-order valence-corrected chi connectivity index (χ4v) is 3.39. The lowest BCUT2D eigenvalue weighted by molar-refractivity contribution is 0.810. The Bertz CT molecular complexity index is 422. The first-order valence-electron chi connectivity index (χ1n) is 4.14. The molecule has 0 aliphatic rings. The lowest BCUT2D eigenvalue weighted by atomic mass is 10.4. The molecule has 0 spiro atoms. The predicted octanol–water partition coefficient (Wildman–Crippen LogP) is 3.24. The fraction of sp³-hybridized carbons (Fsp3) is 0.222. The van der Waals surface area contributed by atoms with Crippen molar-refractivity contribution in [1.82, 2.24) is 10.3 Å². The molecular weight excluding hydrogens is 236 g/mol. The van der Waals surface area contributed by atoms with Gasteiger partial charge in [-0.25, -0.2) is 4.98 Å². The van der Waals surface area contributed by atoms with E-state index < -0.39 is 0 Å². The number of rotatable bonds is 3. The minimum atomic E-state index is 0.813. The maximum Gasteiger partial charge on any atom is 0.107 e. The standard InChI is InChI=1S/C9H9ClN2S2/c1-11-5-8-12-4-7(14-8)9-6(10)2-3-13-9/h2-4,11H,5H2,1H3. The van der Waals surface area contributed by atoms with Crippen molar-refractivity contribution < 1.29 is 0 Å². The Morgan fingerprint density at radius 1 is 1.57 bits per heavy atom. The quantitative estimate of drug-likeness (QED) is 0.897. The Morgan fingerprint density at radius 3 is 3.07 bits per heavy atom. The Labute approximate surface area is 95.6 Å². The second-order valence-electron chi connectivity index (χ2n) is 2.75. The third-order valence-electron chi connectivity index (χ3n) is 1.72. The van der Waals surface area contributed by atoms with E-state index in [4.69, 9.17) is 11.6 Å². The van der Waals surface area contributed by atoms with Gasteiger partial charge in [0.15, 0.2) is 0 Å². The molecule has 0 radical (unpaired) electrons. The minimum absolute atomic E-state index is 0.813. The molecule has 74 valence electrons. The van der Waals surface area contributed by atoms with Crippen molar-refractivity contribution in [3.63, 3.8) is 0 Å². The van der Waals surface area contributed by atoms with E-state index in [-0.39, 0.29) is 0 Å². The molecule has 0 bridgehead atoms. The van der Waals surface area contributed by atoms with Crippen LogP contribution in [0, 0.1) is 0 Å². The Balaban J connectivity index is 2.29. The third-order valence-corrected chi connectivity index (χ3v) is 4.24. The number of thiophene rings is 1. The normalized spacial score (nSPS) is 10.7. The van der Waals surface area contributed by atoms with Gasteiger partial charge >= 0.3 is 0 Å². The molecule has 2 aromatic heterocycles. The Hall–Kier alpha value is -0.420. The molecule has 0 saturated carbocycles. The monoisotopic (exact) mass is 244 g/mol. The van der Waals surface area contributed by atoms with Gasteiger partial charge in [-0.3, -0.25) is 0 Å². The van der Waals surface area contributed by atoms with E-state index in [0.717, 1.165) is 26.3 Å². The number of halogens is 1. The summed E-state index contributed by atoms with van der Waals surface area (Å²) < 4.78 is 0. The van der Waals surface area contributed by atoms with Crippen LogP contribution in [0.3, 0.4) is 0 Å². The zero-order chi connectivity index (χ0) is 9.97. The lowest BCUT2D eigenvalue weighted by Gasteiger charge is -1.91. The van der Waals surface area contributed by atoms with Crippen LogP contribution < -0.4 is 5.32 Å². The highest BCUT2D eigenvalue weighted by Gasteiger charge is 2.08. The van der Waals surface area contributed by atoms with Crippen LogP contribution in [-0.4, -0.2) is 12.0 Å². The smallest absolute Gasteiger partial charge is 0.107 e. The first-order valence-corrected chi connectivity index (χ1v) is 6.21. The summed E-state index contributed by atoms with van der Waals surface area (Å²) in [5, 5.41) is 6.98. The van der Waals surface area contributed by atoms with Crippen LogP contribution in [0.5, 0.6) is 0 Å². The van der Waals surface area contributed by atoms with Crippen molar-refractivity contribution in [3.8, 4) is 9.75 Å². The number of hydrogen-bond donors (Lipinski definition) is 1. The maximum atomic E-state index is 6.03. The highest BCUT2D eigenvalue weighted by Crippen LogP contribution is 2.36. The lowest BCUT2D eigenvalue weighted by Crippen LogP contribution is -2.03. The zero-order valence-corrected chi connectivity index (χ0v) is 9.97. The summed E-state index contributed by atoms with van der Waals surface area (Å²) in [5.74, 6) is 0. The molecule has 1 N–H and O–H groups in total. The molecule has 0 aliphatic heterocycles. The van der Waals surface area contributed by atoms with Gasteiger partial charge in [-0.1, -0.05) is 11.6 Å². The first kappa shape index (κ1) is 10.1. The summed E-state index contributed by atoms with van der Waals surface area (Å²) in [6.07, 6.45) is 1.88. The van der Waals surface area contributed by atoms with Gasteiger partial charge in [-0.2, -0.15) is 0 Å². The summed E-state index contributed by atoms with van der Waals surface area (Å²) in [6, 6.07) is 1.92. The van der Waals surface area contributed by atoms with Crippen LogP contribution in [0.25, 0.3) is 9.75 Å². The molecule has 0 aromatic carbocycles. The van der Waals surface area contributed by atoms with Gasteiger partial charge in [-0.15, -0.1) is 22.7 Å². The van der Waals surface area contributed by atoms with Crippen LogP contribution in [0.1, 0.15) is 5.01 Å². The van der Waals surface area contributed by atoms with Gasteiger partial charge in [0.2, 0.25) is 0 Å². The maximum absolute atomic E-state index is 6.03. The van der Waals surface area contributed by atoms with E-state index in [9.17, 15) is 0 Å². The molecule has 2 rings (SSSR count). The molecule has 2 aromatic rings. The molecule has 0 amide bonds. The molecule has 0 aliphatic carbocycles. The Kier molecular flexibility index (Phi) is 3.18. The fourth-order valence-electron chi connectivity index (χ4n) is 1.12. The average Bonchev–Trinajstić information content (AvgIpc) is 2.74. The average molecular weight is 245 g/mol. The summed E-state index contributed by atoms with van der Waals surface area (Å²) in [6.45, 7) is 0.813. The van der Waals surface area contributed by atoms with Crippen LogP contribution in [0.15, 0.2) is 17.6 Å². The van der Waals surface area contributed by atoms with Gasteiger partial charge < -0.3 is 5.32 Å². The molecule has 0 saturated heterocycles. The first-order chi connectivity index (χ1) is 6.81. The Morgan fingerprint density at radius 2 is 2.43 bits per heavy atom. The molecule has 5 heteroatoms. The molecule has 0 unspecified atom stereocenters. The van der Waals surface area contributed by atoms with Crippen LogP contribution in [0.2, 0.25) is 5.02 Å². The molecule has 0 fully saturated rings. The number of nitrogens with zero attached hydrogens (tertiary/aromatic N) is 1. The number of nitrogens with one attached hydrogen (secondary N) is 1. The van der Waals surface area contributed by atoms with Crippen LogP contribution >= 0.6 is 34.3 Å². The topological polar surface area (TPSA) is 24.9 Å². The van der Waals surface area contributed by atoms with Crippen LogP contribution in [0.4, 0.5) is 0 Å². The van der Waals surface area contributed by atoms with Gasteiger partial charge in [0.25, 0.3) is 0 Å². The van der Waals surface area contributed by atoms with Gasteiger partial charge in [0.05, 0.1) is 14.8 Å². The highest BCUT2D eigenvalue weighted by molar-refractivity contribution is 7.21. The highest BCUT2D eigenvalue weighted by atomic mass is 35.5. The van der Waals surface area contributed by atoms with E-state index >= 15 is 0 Å². The molecule has 0 atom stereocenters. The minimum Gasteiger partial charge on any atom is -0.314 e. The van der Waals surface area contributed by atoms with E-state index in [1.807, 2.05) is 24.7 Å². The van der Waals surface area contributed by atoms with Crippen molar-refractivity contribution >= 4 is 34.3 Å². The largest absolute Gasteiger partial charge is 0.314 e. The molecule has 2 heterocycles. The van der Waals surface area contributed by atoms with E-state index in [2.05, 4.69) is 10.3 Å².